The molecule has 0 aliphatic heterocycles. The Morgan fingerprint density at radius 2 is 1.69 bits per heavy atom. The molecule has 0 amide bonds. The first-order valence-corrected chi connectivity index (χ1v) is 4.79. The van der Waals surface area contributed by atoms with Crippen LogP contribution in [-0.4, -0.2) is 64.4 Å². The maximum Gasteiger partial charge on any atom is 0.287 e. The van der Waals surface area contributed by atoms with E-state index in [2.05, 4.69) is 0 Å². The first kappa shape index (κ1) is 13.5. The Balaban J connectivity index is 0.00000144. The van der Waals surface area contributed by atoms with Crippen LogP contribution in [0.15, 0.2) is 35.7 Å². The van der Waals surface area contributed by atoms with Crippen molar-refractivity contribution >= 4 is 67.6 Å². The summed E-state index contributed by atoms with van der Waals surface area (Å²) in [6, 6.07) is 8.86. The fourth-order valence-electron chi connectivity index (χ4n) is 0.729. The third kappa shape index (κ3) is 6.56. The molecular formula is C8H8KO3S. The molecule has 3 nitrogen and oxygen atoms in total. The minimum Gasteiger partial charge on any atom is -0.282 e. The largest absolute Gasteiger partial charge is 0.287 e. The van der Waals surface area contributed by atoms with Crippen LogP contribution in [0.3, 0.4) is 0 Å². The molecule has 0 bridgehead atoms. The molecule has 0 aromatic heterocycles. The van der Waals surface area contributed by atoms with Crippen molar-refractivity contribution in [3.63, 3.8) is 0 Å². The summed E-state index contributed by atoms with van der Waals surface area (Å²) < 4.78 is 28.9. The summed E-state index contributed by atoms with van der Waals surface area (Å²) >= 11 is 0. The Hall–Kier alpha value is 0.506. The molecule has 0 fully saturated rings. The van der Waals surface area contributed by atoms with Crippen molar-refractivity contribution in [1.29, 1.82) is 0 Å². The molecule has 1 aromatic rings. The zero-order valence-electron chi connectivity index (χ0n) is 7.21. The molecular weight excluding hydrogens is 215 g/mol. The van der Waals surface area contributed by atoms with Gasteiger partial charge >= 0.3 is 0 Å². The Labute approximate surface area is 120 Å². The van der Waals surface area contributed by atoms with Gasteiger partial charge in [-0.05, 0) is 11.6 Å². The molecule has 0 aliphatic carbocycles. The molecule has 0 atom stereocenters. The van der Waals surface area contributed by atoms with Crippen LogP contribution in [0.2, 0.25) is 0 Å². The summed E-state index contributed by atoms with van der Waals surface area (Å²) in [6.45, 7) is 0. The summed E-state index contributed by atoms with van der Waals surface area (Å²) in [5, 5.41) is 0.752. The SMILES string of the molecule is O=S(=O)(O)C=Cc1ccccc1.[K]. The fraction of sp³-hybridized carbons (Fsp3) is 0. The zero-order chi connectivity index (χ0) is 9.03. The topological polar surface area (TPSA) is 54.4 Å². The van der Waals surface area contributed by atoms with Crippen molar-refractivity contribution < 1.29 is 13.0 Å². The standard InChI is InChI=1S/C8H8O3S.K/c9-12(10,11)7-6-8-4-2-1-3-5-8;/h1-7H,(H,9,10,11);. The molecule has 0 heterocycles. The molecule has 1 aromatic carbocycles. The third-order valence-electron chi connectivity index (χ3n) is 1.23. The molecule has 0 aliphatic rings. The van der Waals surface area contributed by atoms with E-state index in [-0.39, 0.29) is 51.4 Å². The Morgan fingerprint density at radius 3 is 2.15 bits per heavy atom. The van der Waals surface area contributed by atoms with Gasteiger partial charge in [-0.15, -0.1) is 0 Å². The Morgan fingerprint density at radius 1 is 1.15 bits per heavy atom. The second kappa shape index (κ2) is 6.08. The summed E-state index contributed by atoms with van der Waals surface area (Å²) in [6.07, 6.45) is 1.33. The smallest absolute Gasteiger partial charge is 0.282 e. The first-order valence-electron chi connectivity index (χ1n) is 3.28. The molecule has 65 valence electrons. The van der Waals surface area contributed by atoms with E-state index in [0.717, 1.165) is 11.0 Å². The van der Waals surface area contributed by atoms with Crippen LogP contribution in [0.1, 0.15) is 5.56 Å². The third-order valence-corrected chi connectivity index (χ3v) is 1.71. The van der Waals surface area contributed by atoms with E-state index < -0.39 is 10.1 Å². The van der Waals surface area contributed by atoms with E-state index in [1.54, 1.807) is 24.3 Å². The molecule has 0 saturated heterocycles. The van der Waals surface area contributed by atoms with E-state index in [1.165, 1.54) is 6.08 Å². The monoisotopic (exact) mass is 223 g/mol. The first-order chi connectivity index (χ1) is 5.58. The van der Waals surface area contributed by atoms with Gasteiger partial charge in [-0.25, -0.2) is 0 Å². The van der Waals surface area contributed by atoms with Crippen LogP contribution < -0.4 is 0 Å². The Kier molecular flexibility index (Phi) is 6.31. The summed E-state index contributed by atoms with van der Waals surface area (Å²) in [4.78, 5) is 0. The van der Waals surface area contributed by atoms with E-state index in [1.807, 2.05) is 6.07 Å². The van der Waals surface area contributed by atoms with Crippen LogP contribution in [-0.2, 0) is 10.1 Å². The predicted molar refractivity (Wildman–Crippen MR) is 52.8 cm³/mol. The van der Waals surface area contributed by atoms with Crippen molar-refractivity contribution in [3.8, 4) is 0 Å². The molecule has 13 heavy (non-hydrogen) atoms. The van der Waals surface area contributed by atoms with Gasteiger partial charge in [-0.2, -0.15) is 8.42 Å². The van der Waals surface area contributed by atoms with Gasteiger partial charge in [0.15, 0.2) is 0 Å². The number of benzene rings is 1. The van der Waals surface area contributed by atoms with Gasteiger partial charge in [0.05, 0.1) is 5.41 Å². The van der Waals surface area contributed by atoms with E-state index in [9.17, 15) is 8.42 Å². The Bertz CT molecular complexity index is 370. The second-order valence-corrected chi connectivity index (χ2v) is 3.53. The maximum absolute atomic E-state index is 10.3. The van der Waals surface area contributed by atoms with E-state index in [4.69, 9.17) is 4.55 Å². The minimum absolute atomic E-state index is 0. The van der Waals surface area contributed by atoms with Gasteiger partial charge in [0.1, 0.15) is 0 Å². The van der Waals surface area contributed by atoms with Gasteiger partial charge in [0, 0.05) is 51.4 Å². The fourth-order valence-corrected chi connectivity index (χ4v) is 1.06. The molecule has 1 rings (SSSR count). The summed E-state index contributed by atoms with van der Waals surface area (Å²) in [7, 11) is -4.00. The molecule has 1 radical (unpaired) electrons. The number of hydrogen-bond acceptors (Lipinski definition) is 2. The molecule has 0 unspecified atom stereocenters. The van der Waals surface area contributed by atoms with Crippen molar-refractivity contribution in [3.05, 3.63) is 41.3 Å². The number of rotatable bonds is 2. The van der Waals surface area contributed by atoms with Crippen molar-refractivity contribution in [2.75, 3.05) is 0 Å². The maximum atomic E-state index is 10.3. The summed E-state index contributed by atoms with van der Waals surface area (Å²) in [5.41, 5.74) is 0.732. The van der Waals surface area contributed by atoms with Gasteiger partial charge in [0.2, 0.25) is 0 Å². The normalized spacial score (nSPS) is 11.2. The van der Waals surface area contributed by atoms with Gasteiger partial charge in [-0.1, -0.05) is 30.3 Å². The van der Waals surface area contributed by atoms with Gasteiger partial charge in [-0.3, -0.25) is 4.55 Å². The van der Waals surface area contributed by atoms with Crippen LogP contribution in [0.5, 0.6) is 0 Å². The van der Waals surface area contributed by atoms with Crippen LogP contribution >= 0.6 is 0 Å². The predicted octanol–water partition coefficient (Wildman–Crippen LogP) is 1.16. The molecule has 0 spiro atoms. The number of hydrogen-bond donors (Lipinski definition) is 1. The van der Waals surface area contributed by atoms with Crippen LogP contribution in [0, 0.1) is 0 Å². The summed E-state index contributed by atoms with van der Waals surface area (Å²) in [5.74, 6) is 0. The molecule has 1 N–H and O–H groups in total. The second-order valence-electron chi connectivity index (χ2n) is 2.23. The average molecular weight is 223 g/mol. The average Bonchev–Trinajstić information content (AvgIpc) is 2.02. The molecule has 5 heteroatoms. The minimum atomic E-state index is -4.00. The van der Waals surface area contributed by atoms with E-state index in [0.29, 0.717) is 0 Å². The van der Waals surface area contributed by atoms with Crippen molar-refractivity contribution in [1.82, 2.24) is 0 Å². The van der Waals surface area contributed by atoms with Gasteiger partial charge < -0.3 is 0 Å². The molecule has 0 saturated carbocycles. The van der Waals surface area contributed by atoms with Gasteiger partial charge in [0.25, 0.3) is 10.1 Å². The quantitative estimate of drug-likeness (QED) is 0.604. The van der Waals surface area contributed by atoms with E-state index >= 15 is 0 Å². The zero-order valence-corrected chi connectivity index (χ0v) is 11.2. The van der Waals surface area contributed by atoms with Crippen LogP contribution in [0.25, 0.3) is 6.08 Å². The van der Waals surface area contributed by atoms with Crippen molar-refractivity contribution in [2.24, 2.45) is 0 Å². The van der Waals surface area contributed by atoms with Crippen molar-refractivity contribution in [2.45, 2.75) is 0 Å². The van der Waals surface area contributed by atoms with Crippen LogP contribution in [0.4, 0.5) is 0 Å².